The average Bonchev–Trinajstić information content (AvgIpc) is 3.11. The summed E-state index contributed by atoms with van der Waals surface area (Å²) in [5.74, 6) is -8.07. The first-order chi connectivity index (χ1) is 11.7. The molecule has 5 atom stereocenters. The lowest BCUT2D eigenvalue weighted by Gasteiger charge is -2.45. The Morgan fingerprint density at radius 3 is 2.36 bits per heavy atom. The highest BCUT2D eigenvalue weighted by atomic mass is 16.6. The van der Waals surface area contributed by atoms with Crippen molar-refractivity contribution in [3.8, 4) is 0 Å². The number of hydrogen-bond donors (Lipinski definition) is 3. The summed E-state index contributed by atoms with van der Waals surface area (Å²) in [7, 11) is 0. The molecule has 0 spiro atoms. The Bertz CT molecular complexity index is 697. The summed E-state index contributed by atoms with van der Waals surface area (Å²) in [6.45, 7) is 6.79. The van der Waals surface area contributed by atoms with Gasteiger partial charge in [0.05, 0.1) is 17.3 Å². The number of carbonyl (C=O) groups excluding carboxylic acids is 2. The van der Waals surface area contributed by atoms with Crippen molar-refractivity contribution in [1.82, 2.24) is 0 Å². The van der Waals surface area contributed by atoms with Gasteiger partial charge in [-0.15, -0.1) is 6.58 Å². The fraction of sp³-hybridized carbons (Fsp3) is 0.412. The molecule has 2 bridgehead atoms. The van der Waals surface area contributed by atoms with Crippen LogP contribution in [0.5, 0.6) is 0 Å². The van der Waals surface area contributed by atoms with E-state index in [9.17, 15) is 29.4 Å². The number of amides is 1. The summed E-state index contributed by atoms with van der Waals surface area (Å²) in [4.78, 5) is 47.8. The van der Waals surface area contributed by atoms with Crippen LogP contribution in [0.25, 0.3) is 0 Å². The van der Waals surface area contributed by atoms with Gasteiger partial charge in [-0.2, -0.15) is 0 Å². The molecule has 0 saturated heterocycles. The van der Waals surface area contributed by atoms with E-state index in [1.807, 2.05) is 0 Å². The predicted molar refractivity (Wildman–Crippen MR) is 85.0 cm³/mol. The molecule has 0 aromatic heterocycles. The molecule has 1 saturated carbocycles. The Hall–Kier alpha value is -2.90. The zero-order valence-electron chi connectivity index (χ0n) is 13.4. The zero-order valence-corrected chi connectivity index (χ0v) is 13.4. The van der Waals surface area contributed by atoms with E-state index in [-0.39, 0.29) is 12.8 Å². The van der Waals surface area contributed by atoms with Gasteiger partial charge in [0.2, 0.25) is 5.60 Å². The van der Waals surface area contributed by atoms with Gasteiger partial charge in [0.15, 0.2) is 0 Å². The van der Waals surface area contributed by atoms with Gasteiger partial charge >= 0.3 is 17.9 Å². The zero-order chi connectivity index (χ0) is 19.0. The van der Waals surface area contributed by atoms with Crippen LogP contribution in [0.4, 0.5) is 0 Å². The summed E-state index contributed by atoms with van der Waals surface area (Å²) in [5, 5.41) is 19.2. The fourth-order valence-electron chi connectivity index (χ4n) is 4.24. The molecule has 2 aliphatic rings. The van der Waals surface area contributed by atoms with Crippen LogP contribution in [-0.4, -0.2) is 39.6 Å². The second-order valence-electron chi connectivity index (χ2n) is 6.26. The smallest absolute Gasteiger partial charge is 0.331 e. The Morgan fingerprint density at radius 2 is 1.92 bits per heavy atom. The number of aliphatic carboxylic acids is 2. The van der Waals surface area contributed by atoms with Gasteiger partial charge in [-0.05, 0) is 12.3 Å². The molecular formula is C17H19NO7. The molecule has 1 amide bonds. The van der Waals surface area contributed by atoms with E-state index in [4.69, 9.17) is 10.5 Å². The first kappa shape index (κ1) is 18.4. The predicted octanol–water partition coefficient (Wildman–Crippen LogP) is 0.494. The summed E-state index contributed by atoms with van der Waals surface area (Å²) >= 11 is 0. The number of fused-ring (bicyclic) bond motifs is 2. The topological polar surface area (TPSA) is 144 Å². The van der Waals surface area contributed by atoms with Crippen molar-refractivity contribution in [1.29, 1.82) is 0 Å². The summed E-state index contributed by atoms with van der Waals surface area (Å²) in [6, 6.07) is 0. The molecule has 8 heteroatoms. The number of ether oxygens (including phenoxy) is 1. The van der Waals surface area contributed by atoms with Crippen molar-refractivity contribution in [2.75, 3.05) is 0 Å². The average molecular weight is 349 g/mol. The van der Waals surface area contributed by atoms with Crippen LogP contribution in [0.2, 0.25) is 0 Å². The highest BCUT2D eigenvalue weighted by molar-refractivity contribution is 5.93. The molecule has 2 rings (SSSR count). The van der Waals surface area contributed by atoms with Crippen LogP contribution in [0.3, 0.4) is 0 Å². The monoisotopic (exact) mass is 349 g/mol. The highest BCUT2D eigenvalue weighted by Gasteiger charge is 2.71. The number of esters is 1. The molecule has 2 aliphatic carbocycles. The third-order valence-electron chi connectivity index (χ3n) is 5.16. The molecule has 4 N–H and O–H groups in total. The summed E-state index contributed by atoms with van der Waals surface area (Å²) in [5.41, 5.74) is 1.88. The molecule has 5 unspecified atom stereocenters. The summed E-state index contributed by atoms with van der Waals surface area (Å²) < 4.78 is 5.29. The van der Waals surface area contributed by atoms with Gasteiger partial charge in [-0.25, -0.2) is 4.79 Å². The van der Waals surface area contributed by atoms with Crippen molar-refractivity contribution in [2.45, 2.75) is 18.4 Å². The molecule has 25 heavy (non-hydrogen) atoms. The minimum Gasteiger partial charge on any atom is -0.481 e. The van der Waals surface area contributed by atoms with Gasteiger partial charge in [0, 0.05) is 12.5 Å². The van der Waals surface area contributed by atoms with Crippen LogP contribution in [0, 0.1) is 23.2 Å². The van der Waals surface area contributed by atoms with Crippen molar-refractivity contribution in [2.24, 2.45) is 28.9 Å². The van der Waals surface area contributed by atoms with Crippen LogP contribution in [-0.2, 0) is 23.9 Å². The minimum atomic E-state index is -2.07. The normalized spacial score (nSPS) is 31.8. The number of hydrogen-bond acceptors (Lipinski definition) is 5. The van der Waals surface area contributed by atoms with E-state index < -0.39 is 52.6 Å². The number of primary amides is 1. The van der Waals surface area contributed by atoms with Crippen LogP contribution >= 0.6 is 0 Å². The van der Waals surface area contributed by atoms with Crippen molar-refractivity contribution < 1.29 is 34.1 Å². The minimum absolute atomic E-state index is 0.0160. The quantitative estimate of drug-likeness (QED) is 0.328. The highest BCUT2D eigenvalue weighted by Crippen LogP contribution is 2.63. The van der Waals surface area contributed by atoms with Crippen molar-refractivity contribution in [3.05, 3.63) is 37.5 Å². The second kappa shape index (κ2) is 6.19. The van der Waals surface area contributed by atoms with Crippen LogP contribution < -0.4 is 5.73 Å². The first-order valence-electron chi connectivity index (χ1n) is 7.58. The molecule has 0 radical (unpaired) electrons. The third kappa shape index (κ3) is 2.45. The molecule has 0 aromatic rings. The first-order valence-corrected chi connectivity index (χ1v) is 7.58. The standard InChI is InChI=1S/C17H19NO7/c1-3-6-17(15(18)24,25-10(19)4-2)16-7-5-9(8-16)11(13(20)21)12(16)14(22)23/h3-5,7,9,11-12H,1-2,6,8H2,(H2,18,24)(H,20,21)(H,22,23). The SMILES string of the molecule is C=CCC(OC(=O)C=C)(C(N)=O)C12C=CC(C1)C(C(=O)O)C2C(=O)O. The number of nitrogens with two attached hydrogens (primary N) is 1. The van der Waals surface area contributed by atoms with E-state index in [2.05, 4.69) is 13.2 Å². The Morgan fingerprint density at radius 1 is 1.28 bits per heavy atom. The lowest BCUT2D eigenvalue weighted by Crippen LogP contribution is -2.62. The molecule has 134 valence electrons. The fourth-order valence-corrected chi connectivity index (χ4v) is 4.24. The molecular weight excluding hydrogens is 330 g/mol. The van der Waals surface area contributed by atoms with E-state index in [1.165, 1.54) is 12.2 Å². The third-order valence-corrected chi connectivity index (χ3v) is 5.16. The Kier molecular flexibility index (Phi) is 4.57. The lowest BCUT2D eigenvalue weighted by molar-refractivity contribution is -0.184. The lowest BCUT2D eigenvalue weighted by atomic mass is 9.61. The molecule has 0 aromatic carbocycles. The number of allylic oxidation sites excluding steroid dienone is 1. The maximum Gasteiger partial charge on any atom is 0.331 e. The van der Waals surface area contributed by atoms with Crippen molar-refractivity contribution >= 4 is 23.8 Å². The van der Waals surface area contributed by atoms with Crippen molar-refractivity contribution in [3.63, 3.8) is 0 Å². The Labute approximate surface area is 143 Å². The molecule has 0 aliphatic heterocycles. The maximum atomic E-state index is 12.4. The van der Waals surface area contributed by atoms with E-state index >= 15 is 0 Å². The molecule has 1 fully saturated rings. The molecule has 0 heterocycles. The van der Waals surface area contributed by atoms with Crippen LogP contribution in [0.1, 0.15) is 12.8 Å². The van der Waals surface area contributed by atoms with Gasteiger partial charge in [0.25, 0.3) is 5.91 Å². The van der Waals surface area contributed by atoms with Crippen LogP contribution in [0.15, 0.2) is 37.5 Å². The van der Waals surface area contributed by atoms with E-state index in [0.717, 1.165) is 6.08 Å². The summed E-state index contributed by atoms with van der Waals surface area (Å²) in [6.07, 6.45) is 4.86. The number of carbonyl (C=O) groups is 4. The van der Waals surface area contributed by atoms with Gasteiger partial charge in [-0.3, -0.25) is 14.4 Å². The van der Waals surface area contributed by atoms with Gasteiger partial charge in [0.1, 0.15) is 0 Å². The number of carboxylic acids is 2. The number of carboxylic acid groups (broad SMARTS) is 2. The Balaban J connectivity index is 2.71. The maximum absolute atomic E-state index is 12.4. The van der Waals surface area contributed by atoms with Gasteiger partial charge in [-0.1, -0.05) is 24.8 Å². The molecule has 8 nitrogen and oxygen atoms in total. The second-order valence-corrected chi connectivity index (χ2v) is 6.26. The number of rotatable bonds is 8. The van der Waals surface area contributed by atoms with E-state index in [1.54, 1.807) is 6.08 Å². The van der Waals surface area contributed by atoms with E-state index in [0.29, 0.717) is 0 Å². The van der Waals surface area contributed by atoms with Gasteiger partial charge < -0.3 is 20.7 Å². The largest absolute Gasteiger partial charge is 0.481 e.